The molecule has 1 fully saturated rings. The van der Waals surface area contributed by atoms with E-state index in [-0.39, 0.29) is 24.8 Å². The summed E-state index contributed by atoms with van der Waals surface area (Å²) in [7, 11) is 0. The number of halogens is 3. The number of hydrogen-bond donors (Lipinski definition) is 2. The molecule has 1 aromatic carbocycles. The molecule has 0 spiro atoms. The van der Waals surface area contributed by atoms with Crippen molar-refractivity contribution in [2.24, 2.45) is 0 Å². The summed E-state index contributed by atoms with van der Waals surface area (Å²) in [6, 6.07) is 8.24. The Hall–Kier alpha value is -2.39. The molecule has 5 nitrogen and oxygen atoms in total. The molecule has 1 saturated heterocycles. The van der Waals surface area contributed by atoms with Crippen molar-refractivity contribution in [1.29, 1.82) is 0 Å². The van der Waals surface area contributed by atoms with Crippen molar-refractivity contribution >= 4 is 23.2 Å². The first-order valence-electron chi connectivity index (χ1n) is 9.22. The molecule has 9 heteroatoms. The second kappa shape index (κ2) is 8.96. The Morgan fingerprint density at radius 3 is 2.79 bits per heavy atom. The average molecular weight is 425 g/mol. The van der Waals surface area contributed by atoms with Crippen LogP contribution in [0, 0.1) is 6.92 Å². The molecule has 3 rings (SSSR count). The van der Waals surface area contributed by atoms with E-state index in [1.807, 2.05) is 19.1 Å². The van der Waals surface area contributed by atoms with Crippen LogP contribution in [0.3, 0.4) is 0 Å². The van der Waals surface area contributed by atoms with Crippen molar-refractivity contribution < 1.29 is 22.8 Å². The Balaban J connectivity index is 1.64. The zero-order chi connectivity index (χ0) is 21.0. The minimum Gasteiger partial charge on any atom is -0.353 e. The average Bonchev–Trinajstić information content (AvgIpc) is 3.08. The van der Waals surface area contributed by atoms with Crippen molar-refractivity contribution in [2.45, 2.75) is 38.7 Å². The fourth-order valence-corrected chi connectivity index (χ4v) is 4.10. The SMILES string of the molecule is Cc1ccc(CNC(=O)CC2C(=O)NCCN2Cc2cccc(C(F)(F)F)c2)s1. The van der Waals surface area contributed by atoms with Gasteiger partial charge in [0.2, 0.25) is 11.8 Å². The van der Waals surface area contributed by atoms with Gasteiger partial charge in [0.15, 0.2) is 0 Å². The molecule has 2 heterocycles. The molecular weight excluding hydrogens is 403 g/mol. The largest absolute Gasteiger partial charge is 0.416 e. The number of thiophene rings is 1. The Labute approximate surface area is 170 Å². The van der Waals surface area contributed by atoms with Crippen LogP contribution in [0.25, 0.3) is 0 Å². The van der Waals surface area contributed by atoms with Crippen LogP contribution in [-0.2, 0) is 28.9 Å². The van der Waals surface area contributed by atoms with Crippen LogP contribution >= 0.6 is 11.3 Å². The summed E-state index contributed by atoms with van der Waals surface area (Å²) < 4.78 is 38.9. The van der Waals surface area contributed by atoms with E-state index < -0.39 is 17.8 Å². The molecule has 2 N–H and O–H groups in total. The fraction of sp³-hybridized carbons (Fsp3) is 0.400. The van der Waals surface area contributed by atoms with Gasteiger partial charge in [-0.05, 0) is 30.7 Å². The van der Waals surface area contributed by atoms with E-state index in [0.29, 0.717) is 25.2 Å². The van der Waals surface area contributed by atoms with Gasteiger partial charge in [-0.3, -0.25) is 14.5 Å². The van der Waals surface area contributed by atoms with E-state index in [2.05, 4.69) is 10.6 Å². The number of carbonyl (C=O) groups is 2. The minimum atomic E-state index is -4.42. The van der Waals surface area contributed by atoms with Gasteiger partial charge in [0, 0.05) is 29.4 Å². The van der Waals surface area contributed by atoms with Crippen molar-refractivity contribution in [3.05, 3.63) is 57.3 Å². The summed E-state index contributed by atoms with van der Waals surface area (Å²) in [6.45, 7) is 3.39. The van der Waals surface area contributed by atoms with Gasteiger partial charge in [-0.15, -0.1) is 11.3 Å². The van der Waals surface area contributed by atoms with E-state index in [1.165, 1.54) is 6.07 Å². The second-order valence-electron chi connectivity index (χ2n) is 6.97. The monoisotopic (exact) mass is 425 g/mol. The quantitative estimate of drug-likeness (QED) is 0.748. The molecule has 0 aliphatic carbocycles. The number of hydrogen-bond acceptors (Lipinski definition) is 4. The van der Waals surface area contributed by atoms with Crippen molar-refractivity contribution in [2.75, 3.05) is 13.1 Å². The van der Waals surface area contributed by atoms with E-state index >= 15 is 0 Å². The topological polar surface area (TPSA) is 61.4 Å². The molecule has 0 bridgehead atoms. The normalized spacial score (nSPS) is 17.8. The summed E-state index contributed by atoms with van der Waals surface area (Å²) in [5, 5.41) is 5.54. The van der Waals surface area contributed by atoms with Crippen LogP contribution in [0.15, 0.2) is 36.4 Å². The van der Waals surface area contributed by atoms with Crippen molar-refractivity contribution in [1.82, 2.24) is 15.5 Å². The summed E-state index contributed by atoms with van der Waals surface area (Å²) in [5.74, 6) is -0.558. The van der Waals surface area contributed by atoms with Crippen LogP contribution in [0.5, 0.6) is 0 Å². The molecule has 156 valence electrons. The number of carbonyl (C=O) groups excluding carboxylic acids is 2. The Morgan fingerprint density at radius 2 is 2.10 bits per heavy atom. The van der Waals surface area contributed by atoms with Gasteiger partial charge in [-0.25, -0.2) is 0 Å². The smallest absolute Gasteiger partial charge is 0.353 e. The maximum Gasteiger partial charge on any atom is 0.416 e. The Kier molecular flexibility index (Phi) is 6.59. The third-order valence-electron chi connectivity index (χ3n) is 4.72. The number of amides is 2. The van der Waals surface area contributed by atoms with Gasteiger partial charge in [0.05, 0.1) is 24.6 Å². The van der Waals surface area contributed by atoms with Crippen LogP contribution < -0.4 is 10.6 Å². The van der Waals surface area contributed by atoms with E-state index in [9.17, 15) is 22.8 Å². The van der Waals surface area contributed by atoms with Gasteiger partial charge in [-0.2, -0.15) is 13.2 Å². The number of nitrogens with one attached hydrogen (secondary N) is 2. The highest BCUT2D eigenvalue weighted by atomic mass is 32.1. The standard InChI is InChI=1S/C20H22F3N3O2S/c1-13-5-6-16(29-13)11-25-18(27)10-17-19(28)24-7-8-26(17)12-14-3-2-4-15(9-14)20(21,22)23/h2-6,9,17H,7-8,10-12H2,1H3,(H,24,28)(H,25,27). The lowest BCUT2D eigenvalue weighted by atomic mass is 10.1. The first-order chi connectivity index (χ1) is 13.7. The van der Waals surface area contributed by atoms with Crippen molar-refractivity contribution in [3.8, 4) is 0 Å². The third-order valence-corrected chi connectivity index (χ3v) is 5.72. The summed E-state index contributed by atoms with van der Waals surface area (Å²) >= 11 is 1.59. The van der Waals surface area contributed by atoms with Crippen LogP contribution in [0.1, 0.15) is 27.3 Å². The molecule has 1 aliphatic rings. The van der Waals surface area contributed by atoms with E-state index in [1.54, 1.807) is 22.3 Å². The molecule has 2 aromatic rings. The van der Waals surface area contributed by atoms with Crippen LogP contribution in [0.4, 0.5) is 13.2 Å². The van der Waals surface area contributed by atoms with E-state index in [0.717, 1.165) is 21.9 Å². The summed E-state index contributed by atoms with van der Waals surface area (Å²) in [4.78, 5) is 28.6. The summed E-state index contributed by atoms with van der Waals surface area (Å²) in [6.07, 6.45) is -4.47. The van der Waals surface area contributed by atoms with Gasteiger partial charge in [0.1, 0.15) is 0 Å². The van der Waals surface area contributed by atoms with E-state index in [4.69, 9.17) is 0 Å². The zero-order valence-corrected chi connectivity index (χ0v) is 16.7. The molecule has 1 unspecified atom stereocenters. The molecule has 1 atom stereocenters. The third kappa shape index (κ3) is 5.80. The molecular formula is C20H22F3N3O2S. The zero-order valence-electron chi connectivity index (χ0n) is 15.9. The predicted octanol–water partition coefficient (Wildman–Crippen LogP) is 3.08. The molecule has 0 radical (unpaired) electrons. The Morgan fingerprint density at radius 1 is 1.31 bits per heavy atom. The number of alkyl halides is 3. The highest BCUT2D eigenvalue weighted by Gasteiger charge is 2.33. The number of rotatable bonds is 6. The van der Waals surface area contributed by atoms with Gasteiger partial charge in [0.25, 0.3) is 0 Å². The Bertz CT molecular complexity index is 882. The molecule has 29 heavy (non-hydrogen) atoms. The van der Waals surface area contributed by atoms with Gasteiger partial charge >= 0.3 is 6.18 Å². The van der Waals surface area contributed by atoms with Crippen LogP contribution in [0.2, 0.25) is 0 Å². The highest BCUT2D eigenvalue weighted by Crippen LogP contribution is 2.30. The highest BCUT2D eigenvalue weighted by molar-refractivity contribution is 7.11. The maximum atomic E-state index is 13.0. The lowest BCUT2D eigenvalue weighted by Gasteiger charge is -2.34. The maximum absolute atomic E-state index is 13.0. The lowest BCUT2D eigenvalue weighted by Crippen LogP contribution is -2.56. The van der Waals surface area contributed by atoms with Crippen LogP contribution in [-0.4, -0.2) is 35.8 Å². The van der Waals surface area contributed by atoms with Gasteiger partial charge in [-0.1, -0.05) is 18.2 Å². The number of piperazine rings is 1. The first kappa shape index (κ1) is 21.3. The number of benzene rings is 1. The fourth-order valence-electron chi connectivity index (χ4n) is 3.27. The number of nitrogens with zero attached hydrogens (tertiary/aromatic N) is 1. The first-order valence-corrected chi connectivity index (χ1v) is 10.0. The second-order valence-corrected chi connectivity index (χ2v) is 8.34. The summed E-state index contributed by atoms with van der Waals surface area (Å²) in [5.41, 5.74) is -0.272. The predicted molar refractivity (Wildman–Crippen MR) is 104 cm³/mol. The van der Waals surface area contributed by atoms with Crippen molar-refractivity contribution in [3.63, 3.8) is 0 Å². The molecule has 1 aromatic heterocycles. The lowest BCUT2D eigenvalue weighted by molar-refractivity contribution is -0.137. The minimum absolute atomic E-state index is 0.0465. The van der Waals surface area contributed by atoms with Gasteiger partial charge < -0.3 is 10.6 Å². The molecule has 0 saturated carbocycles. The molecule has 1 aliphatic heterocycles. The number of aryl methyl sites for hydroxylation is 1. The molecule has 2 amide bonds.